The zero-order valence-electron chi connectivity index (χ0n) is 14.2. The molecule has 0 aliphatic carbocycles. The summed E-state index contributed by atoms with van der Waals surface area (Å²) < 4.78 is 10.8. The van der Waals surface area contributed by atoms with Crippen molar-refractivity contribution < 1.29 is 13.9 Å². The summed E-state index contributed by atoms with van der Waals surface area (Å²) in [5.74, 6) is 0.558. The minimum absolute atomic E-state index is 0.315. The van der Waals surface area contributed by atoms with Gasteiger partial charge in [-0.3, -0.25) is 0 Å². The van der Waals surface area contributed by atoms with Gasteiger partial charge in [0, 0.05) is 11.3 Å². The lowest BCUT2D eigenvalue weighted by Crippen LogP contribution is -2.09. The first-order valence-electron chi connectivity index (χ1n) is 8.07. The van der Waals surface area contributed by atoms with Crippen molar-refractivity contribution in [3.05, 3.63) is 65.5 Å². The molecule has 0 unspecified atom stereocenters. The molecule has 1 N–H and O–H groups in total. The highest BCUT2D eigenvalue weighted by molar-refractivity contribution is 5.95. The SMILES string of the molecule is CCOC(=O)c1ccccc1NCc1nnc(-c2ccccc2C)o1. The summed E-state index contributed by atoms with van der Waals surface area (Å²) in [4.78, 5) is 12.0. The smallest absolute Gasteiger partial charge is 0.340 e. The Hall–Kier alpha value is -3.15. The Labute approximate surface area is 145 Å². The number of carbonyl (C=O) groups excluding carboxylic acids is 1. The van der Waals surface area contributed by atoms with Crippen molar-refractivity contribution in [1.29, 1.82) is 0 Å². The van der Waals surface area contributed by atoms with Crippen LogP contribution >= 0.6 is 0 Å². The average Bonchev–Trinajstić information content (AvgIpc) is 3.09. The van der Waals surface area contributed by atoms with E-state index < -0.39 is 0 Å². The zero-order valence-corrected chi connectivity index (χ0v) is 14.2. The number of benzene rings is 2. The lowest BCUT2D eigenvalue weighted by molar-refractivity contribution is 0.0527. The Balaban J connectivity index is 1.73. The molecule has 25 heavy (non-hydrogen) atoms. The second kappa shape index (κ2) is 7.61. The van der Waals surface area contributed by atoms with Gasteiger partial charge in [0.2, 0.25) is 11.8 Å². The molecule has 1 heterocycles. The number of hydrogen-bond acceptors (Lipinski definition) is 6. The van der Waals surface area contributed by atoms with E-state index in [0.717, 1.165) is 11.1 Å². The molecule has 6 nitrogen and oxygen atoms in total. The summed E-state index contributed by atoms with van der Waals surface area (Å²) in [6.07, 6.45) is 0. The first-order valence-corrected chi connectivity index (χ1v) is 8.07. The fourth-order valence-electron chi connectivity index (χ4n) is 2.44. The predicted molar refractivity (Wildman–Crippen MR) is 94.2 cm³/mol. The van der Waals surface area contributed by atoms with Crippen LogP contribution in [0, 0.1) is 6.92 Å². The van der Waals surface area contributed by atoms with Crippen LogP contribution in [0.4, 0.5) is 5.69 Å². The quantitative estimate of drug-likeness (QED) is 0.689. The largest absolute Gasteiger partial charge is 0.462 e. The fraction of sp³-hybridized carbons (Fsp3) is 0.211. The first-order chi connectivity index (χ1) is 12.2. The third-order valence-electron chi connectivity index (χ3n) is 3.69. The molecule has 0 fully saturated rings. The number of hydrogen-bond donors (Lipinski definition) is 1. The molecule has 0 atom stereocenters. The van der Waals surface area contributed by atoms with E-state index in [1.807, 2.05) is 43.3 Å². The van der Waals surface area contributed by atoms with E-state index in [-0.39, 0.29) is 5.97 Å². The Morgan fingerprint density at radius 1 is 1.12 bits per heavy atom. The molecule has 0 radical (unpaired) electrons. The van der Waals surface area contributed by atoms with Crippen molar-refractivity contribution in [2.45, 2.75) is 20.4 Å². The van der Waals surface area contributed by atoms with Gasteiger partial charge < -0.3 is 14.5 Å². The number of aryl methyl sites for hydroxylation is 1. The maximum atomic E-state index is 12.0. The summed E-state index contributed by atoms with van der Waals surface area (Å²) in [6, 6.07) is 15.0. The van der Waals surface area contributed by atoms with Crippen LogP contribution in [0.25, 0.3) is 11.5 Å². The lowest BCUT2D eigenvalue weighted by atomic mass is 10.1. The van der Waals surface area contributed by atoms with Crippen LogP contribution in [0.15, 0.2) is 52.9 Å². The van der Waals surface area contributed by atoms with E-state index in [1.165, 1.54) is 0 Å². The number of anilines is 1. The molecule has 128 valence electrons. The molecule has 0 aliphatic rings. The summed E-state index contributed by atoms with van der Waals surface area (Å²) >= 11 is 0. The maximum Gasteiger partial charge on any atom is 0.340 e. The number of aromatic nitrogens is 2. The summed E-state index contributed by atoms with van der Waals surface area (Å²) in [5.41, 5.74) is 3.12. The number of para-hydroxylation sites is 1. The number of nitrogens with zero attached hydrogens (tertiary/aromatic N) is 2. The van der Waals surface area contributed by atoms with Crippen molar-refractivity contribution in [3.63, 3.8) is 0 Å². The number of carbonyl (C=O) groups is 1. The van der Waals surface area contributed by atoms with Crippen LogP contribution in [-0.4, -0.2) is 22.8 Å². The van der Waals surface area contributed by atoms with Crippen molar-refractivity contribution in [1.82, 2.24) is 10.2 Å². The van der Waals surface area contributed by atoms with Crippen LogP contribution in [0.5, 0.6) is 0 Å². The van der Waals surface area contributed by atoms with Gasteiger partial charge in [-0.05, 0) is 37.6 Å². The Morgan fingerprint density at radius 3 is 2.68 bits per heavy atom. The first kappa shape index (κ1) is 16.7. The molecule has 6 heteroatoms. The Kier molecular flexibility index (Phi) is 5.09. The van der Waals surface area contributed by atoms with E-state index in [0.29, 0.717) is 36.2 Å². The normalized spacial score (nSPS) is 10.5. The number of ether oxygens (including phenoxy) is 1. The number of nitrogens with one attached hydrogen (secondary N) is 1. The van der Waals surface area contributed by atoms with Crippen LogP contribution in [0.3, 0.4) is 0 Å². The van der Waals surface area contributed by atoms with Gasteiger partial charge in [-0.1, -0.05) is 30.3 Å². The van der Waals surface area contributed by atoms with E-state index in [1.54, 1.807) is 19.1 Å². The fourth-order valence-corrected chi connectivity index (χ4v) is 2.44. The van der Waals surface area contributed by atoms with Crippen LogP contribution in [0.2, 0.25) is 0 Å². The topological polar surface area (TPSA) is 77.2 Å². The van der Waals surface area contributed by atoms with Crippen LogP contribution in [-0.2, 0) is 11.3 Å². The molecule has 0 bridgehead atoms. The molecule has 0 aliphatic heterocycles. The zero-order chi connectivity index (χ0) is 17.6. The maximum absolute atomic E-state index is 12.0. The third-order valence-corrected chi connectivity index (χ3v) is 3.69. The third kappa shape index (κ3) is 3.85. The highest BCUT2D eigenvalue weighted by Crippen LogP contribution is 2.22. The predicted octanol–water partition coefficient (Wildman–Crippen LogP) is 3.83. The number of rotatable bonds is 6. The van der Waals surface area contributed by atoms with E-state index in [4.69, 9.17) is 9.15 Å². The van der Waals surface area contributed by atoms with Gasteiger partial charge in [0.15, 0.2) is 0 Å². The molecule has 2 aromatic carbocycles. The standard InChI is InChI=1S/C19H19N3O3/c1-3-24-19(23)15-10-6-7-11-16(15)20-12-17-21-22-18(25-17)14-9-5-4-8-13(14)2/h4-11,20H,3,12H2,1-2H3. The van der Waals surface area contributed by atoms with Crippen molar-refractivity contribution >= 4 is 11.7 Å². The van der Waals surface area contributed by atoms with Gasteiger partial charge in [0.25, 0.3) is 0 Å². The lowest BCUT2D eigenvalue weighted by Gasteiger charge is -2.09. The molecule has 0 spiro atoms. The van der Waals surface area contributed by atoms with Crippen molar-refractivity contribution in [2.24, 2.45) is 0 Å². The summed E-state index contributed by atoms with van der Waals surface area (Å²) in [6.45, 7) is 4.42. The van der Waals surface area contributed by atoms with Gasteiger partial charge in [-0.15, -0.1) is 10.2 Å². The Bertz CT molecular complexity index is 874. The summed E-state index contributed by atoms with van der Waals surface area (Å²) in [5, 5.41) is 11.3. The monoisotopic (exact) mass is 337 g/mol. The van der Waals surface area contributed by atoms with Gasteiger partial charge in [0.05, 0.1) is 18.7 Å². The van der Waals surface area contributed by atoms with Crippen molar-refractivity contribution in [2.75, 3.05) is 11.9 Å². The molecular formula is C19H19N3O3. The molecular weight excluding hydrogens is 318 g/mol. The van der Waals surface area contributed by atoms with E-state index in [2.05, 4.69) is 15.5 Å². The molecule has 0 amide bonds. The second-order valence-corrected chi connectivity index (χ2v) is 5.44. The van der Waals surface area contributed by atoms with E-state index in [9.17, 15) is 4.79 Å². The molecule has 0 saturated heterocycles. The van der Waals surface area contributed by atoms with Crippen molar-refractivity contribution in [3.8, 4) is 11.5 Å². The van der Waals surface area contributed by atoms with Crippen LogP contribution in [0.1, 0.15) is 28.7 Å². The highest BCUT2D eigenvalue weighted by atomic mass is 16.5. The van der Waals surface area contributed by atoms with Gasteiger partial charge >= 0.3 is 5.97 Å². The van der Waals surface area contributed by atoms with E-state index >= 15 is 0 Å². The summed E-state index contributed by atoms with van der Waals surface area (Å²) in [7, 11) is 0. The second-order valence-electron chi connectivity index (χ2n) is 5.44. The number of esters is 1. The molecule has 3 rings (SSSR count). The molecule has 1 aromatic heterocycles. The van der Waals surface area contributed by atoms with Crippen LogP contribution < -0.4 is 5.32 Å². The molecule has 3 aromatic rings. The van der Waals surface area contributed by atoms with Gasteiger partial charge in [-0.2, -0.15) is 0 Å². The minimum Gasteiger partial charge on any atom is -0.462 e. The Morgan fingerprint density at radius 2 is 1.88 bits per heavy atom. The van der Waals surface area contributed by atoms with Gasteiger partial charge in [-0.25, -0.2) is 4.79 Å². The average molecular weight is 337 g/mol. The van der Waals surface area contributed by atoms with Gasteiger partial charge in [0.1, 0.15) is 0 Å². The highest BCUT2D eigenvalue weighted by Gasteiger charge is 2.14. The molecule has 0 saturated carbocycles. The minimum atomic E-state index is -0.364.